The molecule has 2 aliphatic rings. The number of carbonyl (C=O) groups is 2. The number of nitrogens with zero attached hydrogens (tertiary/aromatic N) is 3. The van der Waals surface area contributed by atoms with Gasteiger partial charge < -0.3 is 33.4 Å². The topological polar surface area (TPSA) is 97.8 Å². The molecule has 1 N–H and O–H groups in total. The number of carbonyl (C=O) groups excluding carboxylic acids is 1. The number of unbranched alkanes of at least 4 members (excludes halogenated alkanes) is 1. The number of amides is 1. The van der Waals surface area contributed by atoms with Crippen LogP contribution < -0.4 is 18.9 Å². The SMILES string of the molecule is CCCCN(CCC[N+](C)(C)C)C(=O)CN1C[C@H](c2ccc3c(c2)OCO3)C(C(=O)O)[C@@H]1CCOc1ccccc1OC. The highest BCUT2D eigenvalue weighted by Gasteiger charge is 2.47. The highest BCUT2D eigenvalue weighted by molar-refractivity contribution is 5.79. The van der Waals surface area contributed by atoms with Crippen LogP contribution in [0.3, 0.4) is 0 Å². The second-order valence-corrected chi connectivity index (χ2v) is 12.5. The van der Waals surface area contributed by atoms with Crippen molar-refractivity contribution in [3.05, 3.63) is 48.0 Å². The Balaban J connectivity index is 1.55. The van der Waals surface area contributed by atoms with Crippen LogP contribution in [0.25, 0.3) is 0 Å². The molecule has 1 saturated heterocycles. The van der Waals surface area contributed by atoms with Gasteiger partial charge in [-0.3, -0.25) is 14.5 Å². The van der Waals surface area contributed by atoms with E-state index in [2.05, 4.69) is 33.0 Å². The van der Waals surface area contributed by atoms with Crippen molar-refractivity contribution >= 4 is 11.9 Å². The third-order valence-corrected chi connectivity index (χ3v) is 8.33. The van der Waals surface area contributed by atoms with Gasteiger partial charge in [-0.1, -0.05) is 31.5 Å². The summed E-state index contributed by atoms with van der Waals surface area (Å²) in [5.41, 5.74) is 0.869. The zero-order chi connectivity index (χ0) is 31.0. The molecule has 0 aromatic heterocycles. The number of carboxylic acid groups (broad SMARTS) is 1. The molecule has 1 fully saturated rings. The number of hydrogen-bond acceptors (Lipinski definition) is 7. The predicted octanol–water partition coefficient (Wildman–Crippen LogP) is 4.09. The first kappa shape index (κ1) is 32.4. The van der Waals surface area contributed by atoms with E-state index in [-0.39, 0.29) is 31.8 Å². The molecule has 1 amide bonds. The second kappa shape index (κ2) is 14.8. The van der Waals surface area contributed by atoms with Gasteiger partial charge in [0.15, 0.2) is 23.0 Å². The molecule has 236 valence electrons. The number of carboxylic acids is 1. The summed E-state index contributed by atoms with van der Waals surface area (Å²) >= 11 is 0. The molecule has 10 heteroatoms. The van der Waals surface area contributed by atoms with E-state index < -0.39 is 17.9 Å². The Morgan fingerprint density at radius 1 is 1.05 bits per heavy atom. The molecule has 2 aromatic carbocycles. The highest BCUT2D eigenvalue weighted by Crippen LogP contribution is 2.43. The fraction of sp³-hybridized carbons (Fsp3) is 0.576. The molecule has 3 atom stereocenters. The molecule has 1 unspecified atom stereocenters. The quantitative estimate of drug-likeness (QED) is 0.289. The van der Waals surface area contributed by atoms with Crippen molar-refractivity contribution in [3.63, 3.8) is 0 Å². The average Bonchev–Trinajstić information content (AvgIpc) is 3.58. The van der Waals surface area contributed by atoms with Gasteiger partial charge in [0.2, 0.25) is 12.7 Å². The number of aliphatic carboxylic acids is 1. The number of methoxy groups -OCH3 is 1. The summed E-state index contributed by atoms with van der Waals surface area (Å²) in [6.45, 7) is 5.54. The van der Waals surface area contributed by atoms with Crippen molar-refractivity contribution < 1.29 is 38.1 Å². The number of likely N-dealkylation sites (tertiary alicyclic amines) is 1. The smallest absolute Gasteiger partial charge is 0.308 e. The van der Waals surface area contributed by atoms with Crippen LogP contribution in [0.2, 0.25) is 0 Å². The Kier molecular flexibility index (Phi) is 11.2. The van der Waals surface area contributed by atoms with Crippen LogP contribution in [0, 0.1) is 5.92 Å². The maximum Gasteiger partial charge on any atom is 0.308 e. The Hall–Kier alpha value is -3.50. The summed E-state index contributed by atoms with van der Waals surface area (Å²) in [6, 6.07) is 12.6. The number of ether oxygens (including phenoxy) is 4. The summed E-state index contributed by atoms with van der Waals surface area (Å²) in [5, 5.41) is 10.5. The Morgan fingerprint density at radius 2 is 1.77 bits per heavy atom. The molecule has 43 heavy (non-hydrogen) atoms. The van der Waals surface area contributed by atoms with Crippen LogP contribution in [0.15, 0.2) is 42.5 Å². The molecular formula is C33H48N3O7+. The maximum atomic E-state index is 13.8. The molecule has 2 heterocycles. The first-order valence-electron chi connectivity index (χ1n) is 15.3. The molecule has 4 rings (SSSR count). The van der Waals surface area contributed by atoms with Crippen LogP contribution in [-0.2, 0) is 9.59 Å². The molecule has 0 saturated carbocycles. The number of benzene rings is 2. The van der Waals surface area contributed by atoms with Crippen LogP contribution in [0.5, 0.6) is 23.0 Å². The lowest BCUT2D eigenvalue weighted by Crippen LogP contribution is -2.46. The third-order valence-electron chi connectivity index (χ3n) is 8.33. The standard InChI is InChI=1S/C33H47N3O7/c1-6-7-16-34(17-10-18-36(2,3)4)31(37)22-35-21-25(24-13-14-29-30(20-24)43-23-42-29)32(33(38)39)26(35)15-19-41-28-12-9-8-11-27(28)40-5/h8-9,11-14,20,25-26,32H,6-7,10,15-19,21-23H2,1-5H3/p+1/t25-,26+,32?/m1/s1. The van der Waals surface area contributed by atoms with Gasteiger partial charge in [0.05, 0.1) is 53.9 Å². The fourth-order valence-electron chi connectivity index (χ4n) is 6.08. The third kappa shape index (κ3) is 8.54. The van der Waals surface area contributed by atoms with E-state index >= 15 is 0 Å². The minimum Gasteiger partial charge on any atom is -0.493 e. The zero-order valence-electron chi connectivity index (χ0n) is 26.3. The minimum absolute atomic E-state index is 0.0426. The summed E-state index contributed by atoms with van der Waals surface area (Å²) < 4.78 is 23.4. The van der Waals surface area contributed by atoms with E-state index in [0.717, 1.165) is 35.9 Å². The fourth-order valence-corrected chi connectivity index (χ4v) is 6.08. The van der Waals surface area contributed by atoms with Crippen LogP contribution >= 0.6 is 0 Å². The number of quaternary nitrogens is 1. The summed E-state index contributed by atoms with van der Waals surface area (Å²) in [7, 11) is 8.06. The van der Waals surface area contributed by atoms with Gasteiger partial charge in [-0.2, -0.15) is 0 Å². The van der Waals surface area contributed by atoms with Crippen molar-refractivity contribution in [3.8, 4) is 23.0 Å². The van der Waals surface area contributed by atoms with E-state index in [1.165, 1.54) is 0 Å². The van der Waals surface area contributed by atoms with Crippen molar-refractivity contribution in [1.82, 2.24) is 9.80 Å². The summed E-state index contributed by atoms with van der Waals surface area (Å²) in [6.07, 6.45) is 3.29. The largest absolute Gasteiger partial charge is 0.493 e. The van der Waals surface area contributed by atoms with Gasteiger partial charge >= 0.3 is 5.97 Å². The molecule has 0 spiro atoms. The Morgan fingerprint density at radius 3 is 2.47 bits per heavy atom. The van der Waals surface area contributed by atoms with Crippen LogP contribution in [-0.4, -0.2) is 112 Å². The first-order chi connectivity index (χ1) is 20.6. The van der Waals surface area contributed by atoms with Crippen molar-refractivity contribution in [1.29, 1.82) is 0 Å². The van der Waals surface area contributed by atoms with Crippen LogP contribution in [0.4, 0.5) is 0 Å². The van der Waals surface area contributed by atoms with Crippen molar-refractivity contribution in [2.45, 2.75) is 44.6 Å². The average molecular weight is 599 g/mol. The lowest BCUT2D eigenvalue weighted by Gasteiger charge is -2.30. The first-order valence-corrected chi connectivity index (χ1v) is 15.3. The Bertz CT molecular complexity index is 1230. The van der Waals surface area contributed by atoms with E-state index in [1.54, 1.807) is 7.11 Å². The van der Waals surface area contributed by atoms with Crippen molar-refractivity contribution in [2.24, 2.45) is 5.92 Å². The van der Waals surface area contributed by atoms with E-state index in [4.69, 9.17) is 18.9 Å². The van der Waals surface area contributed by atoms with Crippen LogP contribution in [0.1, 0.15) is 44.1 Å². The summed E-state index contributed by atoms with van der Waals surface area (Å²) in [5.74, 6) is 0.613. The van der Waals surface area contributed by atoms with Gasteiger partial charge in [0.25, 0.3) is 0 Å². The highest BCUT2D eigenvalue weighted by atomic mass is 16.7. The van der Waals surface area contributed by atoms with Gasteiger partial charge in [0, 0.05) is 38.0 Å². The second-order valence-electron chi connectivity index (χ2n) is 12.5. The lowest BCUT2D eigenvalue weighted by atomic mass is 9.84. The van der Waals surface area contributed by atoms with E-state index in [0.29, 0.717) is 49.1 Å². The monoisotopic (exact) mass is 598 g/mol. The summed E-state index contributed by atoms with van der Waals surface area (Å²) in [4.78, 5) is 30.7. The molecular weight excluding hydrogens is 550 g/mol. The predicted molar refractivity (Wildman–Crippen MR) is 164 cm³/mol. The zero-order valence-corrected chi connectivity index (χ0v) is 26.3. The van der Waals surface area contributed by atoms with Gasteiger partial charge in [0.1, 0.15) is 0 Å². The molecule has 0 radical (unpaired) electrons. The normalized spacial score (nSPS) is 19.8. The molecule has 0 aliphatic carbocycles. The molecule has 0 bridgehead atoms. The minimum atomic E-state index is -0.884. The number of para-hydroxylation sites is 2. The van der Waals surface area contributed by atoms with Gasteiger partial charge in [-0.15, -0.1) is 0 Å². The molecule has 2 aliphatic heterocycles. The van der Waals surface area contributed by atoms with E-state index in [1.807, 2.05) is 47.4 Å². The van der Waals surface area contributed by atoms with Gasteiger partial charge in [-0.25, -0.2) is 0 Å². The van der Waals surface area contributed by atoms with Gasteiger partial charge in [-0.05, 0) is 42.7 Å². The number of fused-ring (bicyclic) bond motifs is 1. The maximum absolute atomic E-state index is 13.8. The Labute approximate surface area is 255 Å². The molecule has 10 nitrogen and oxygen atoms in total. The number of hydrogen-bond donors (Lipinski definition) is 1. The lowest BCUT2D eigenvalue weighted by molar-refractivity contribution is -0.870. The molecule has 2 aromatic rings. The number of rotatable bonds is 16. The van der Waals surface area contributed by atoms with Crippen molar-refractivity contribution in [2.75, 3.05) is 74.4 Å². The van der Waals surface area contributed by atoms with E-state index in [9.17, 15) is 14.7 Å².